The van der Waals surface area contributed by atoms with Crippen LogP contribution in [0.3, 0.4) is 0 Å². The summed E-state index contributed by atoms with van der Waals surface area (Å²) in [4.78, 5) is 6.60. The fraction of sp³-hybridized carbons (Fsp3) is 0.409. The van der Waals surface area contributed by atoms with Crippen LogP contribution in [0.15, 0.2) is 47.5 Å². The Morgan fingerprint density at radius 1 is 1.10 bits per heavy atom. The summed E-state index contributed by atoms with van der Waals surface area (Å²) in [7, 11) is 1.66. The van der Waals surface area contributed by atoms with Gasteiger partial charge in [0.1, 0.15) is 11.6 Å². The van der Waals surface area contributed by atoms with Gasteiger partial charge in [0.25, 0.3) is 0 Å². The number of hydrogen-bond acceptors (Lipinski definition) is 3. The van der Waals surface area contributed by atoms with Gasteiger partial charge in [0.15, 0.2) is 5.96 Å². The minimum Gasteiger partial charge on any atom is -0.379 e. The van der Waals surface area contributed by atoms with E-state index in [9.17, 15) is 8.78 Å². The third-order valence-electron chi connectivity index (χ3n) is 5.09. The van der Waals surface area contributed by atoms with Gasteiger partial charge in [0.2, 0.25) is 0 Å². The van der Waals surface area contributed by atoms with Crippen LogP contribution in [-0.4, -0.2) is 50.8 Å². The number of benzene rings is 2. The largest absolute Gasteiger partial charge is 0.379 e. The average Bonchev–Trinajstić information content (AvgIpc) is 2.74. The molecule has 2 aromatic rings. The lowest BCUT2D eigenvalue weighted by atomic mass is 10.0. The maximum absolute atomic E-state index is 13.8. The Hall–Kier alpha value is -1.78. The third kappa shape index (κ3) is 6.88. The SMILES string of the molecule is CN=C(NCc1cc(F)ccc1F)NCC(c1ccc(C)cc1)N1CCOCC1.I. The first-order valence-electron chi connectivity index (χ1n) is 9.83. The number of nitrogens with one attached hydrogen (secondary N) is 2. The minimum absolute atomic E-state index is 0. The van der Waals surface area contributed by atoms with Crippen LogP contribution in [0.2, 0.25) is 0 Å². The highest BCUT2D eigenvalue weighted by atomic mass is 127. The molecule has 30 heavy (non-hydrogen) atoms. The Labute approximate surface area is 193 Å². The monoisotopic (exact) mass is 530 g/mol. The molecule has 1 aliphatic rings. The van der Waals surface area contributed by atoms with Crippen LogP contribution in [0.1, 0.15) is 22.7 Å². The van der Waals surface area contributed by atoms with Crippen LogP contribution in [0.5, 0.6) is 0 Å². The summed E-state index contributed by atoms with van der Waals surface area (Å²) in [5.41, 5.74) is 2.70. The van der Waals surface area contributed by atoms with Crippen molar-refractivity contribution >= 4 is 29.9 Å². The molecule has 1 unspecified atom stereocenters. The lowest BCUT2D eigenvalue weighted by Gasteiger charge is -2.35. The molecule has 0 aromatic heterocycles. The second-order valence-corrected chi connectivity index (χ2v) is 7.12. The molecule has 164 valence electrons. The summed E-state index contributed by atoms with van der Waals surface area (Å²) in [5.74, 6) is -0.364. The molecule has 1 fully saturated rings. The molecule has 0 spiro atoms. The zero-order chi connectivity index (χ0) is 20.6. The van der Waals surface area contributed by atoms with Gasteiger partial charge in [-0.3, -0.25) is 9.89 Å². The van der Waals surface area contributed by atoms with Gasteiger partial charge in [-0.15, -0.1) is 24.0 Å². The number of aryl methyl sites for hydroxylation is 1. The van der Waals surface area contributed by atoms with Crippen molar-refractivity contribution in [2.75, 3.05) is 39.9 Å². The van der Waals surface area contributed by atoms with E-state index in [-0.39, 0.29) is 42.1 Å². The van der Waals surface area contributed by atoms with Crippen molar-refractivity contribution in [1.29, 1.82) is 0 Å². The highest BCUT2D eigenvalue weighted by Gasteiger charge is 2.23. The summed E-state index contributed by atoms with van der Waals surface area (Å²) in [6.45, 7) is 6.01. The lowest BCUT2D eigenvalue weighted by Crippen LogP contribution is -2.46. The van der Waals surface area contributed by atoms with Crippen molar-refractivity contribution in [1.82, 2.24) is 15.5 Å². The zero-order valence-electron chi connectivity index (χ0n) is 17.3. The minimum atomic E-state index is -0.460. The zero-order valence-corrected chi connectivity index (χ0v) is 19.7. The van der Waals surface area contributed by atoms with Crippen molar-refractivity contribution < 1.29 is 13.5 Å². The first-order valence-corrected chi connectivity index (χ1v) is 9.83. The topological polar surface area (TPSA) is 48.9 Å². The summed E-state index contributed by atoms with van der Waals surface area (Å²) < 4.78 is 32.7. The van der Waals surface area contributed by atoms with E-state index in [4.69, 9.17) is 4.74 Å². The van der Waals surface area contributed by atoms with E-state index in [0.717, 1.165) is 25.2 Å². The number of morpholine rings is 1. The summed E-state index contributed by atoms with van der Waals surface area (Å²) in [6, 6.07) is 12.1. The van der Waals surface area contributed by atoms with E-state index in [1.807, 2.05) is 0 Å². The van der Waals surface area contributed by atoms with Crippen LogP contribution < -0.4 is 10.6 Å². The molecule has 3 rings (SSSR count). The number of ether oxygens (including phenoxy) is 1. The molecule has 5 nitrogen and oxygen atoms in total. The van der Waals surface area contributed by atoms with Gasteiger partial charge in [0.05, 0.1) is 19.3 Å². The van der Waals surface area contributed by atoms with E-state index in [0.29, 0.717) is 25.7 Å². The van der Waals surface area contributed by atoms with Crippen LogP contribution in [0, 0.1) is 18.6 Å². The molecule has 0 radical (unpaired) electrons. The summed E-state index contributed by atoms with van der Waals surface area (Å²) >= 11 is 0. The highest BCUT2D eigenvalue weighted by molar-refractivity contribution is 14.0. The van der Waals surface area contributed by atoms with Crippen molar-refractivity contribution in [3.05, 3.63) is 70.8 Å². The average molecular weight is 530 g/mol. The smallest absolute Gasteiger partial charge is 0.191 e. The van der Waals surface area contributed by atoms with E-state index in [1.165, 1.54) is 17.2 Å². The van der Waals surface area contributed by atoms with E-state index in [1.54, 1.807) is 7.05 Å². The van der Waals surface area contributed by atoms with Gasteiger partial charge < -0.3 is 15.4 Å². The quantitative estimate of drug-likeness (QED) is 0.341. The van der Waals surface area contributed by atoms with Gasteiger partial charge in [-0.2, -0.15) is 0 Å². The Kier molecular flexibility index (Phi) is 9.93. The maximum Gasteiger partial charge on any atom is 0.191 e. The Balaban J connectivity index is 0.00000320. The molecule has 1 heterocycles. The fourth-order valence-corrected chi connectivity index (χ4v) is 3.41. The summed E-state index contributed by atoms with van der Waals surface area (Å²) in [6.07, 6.45) is 0. The molecule has 0 amide bonds. The molecule has 0 saturated carbocycles. The normalized spacial score (nSPS) is 15.9. The number of hydrogen-bond donors (Lipinski definition) is 2. The molecule has 2 N–H and O–H groups in total. The van der Waals surface area contributed by atoms with Crippen molar-refractivity contribution in [3.8, 4) is 0 Å². The number of aliphatic imine (C=N–C) groups is 1. The molecule has 2 aromatic carbocycles. The molecular formula is C22H29F2IN4O. The number of nitrogens with zero attached hydrogens (tertiary/aromatic N) is 2. The second kappa shape index (κ2) is 12.2. The van der Waals surface area contributed by atoms with Gasteiger partial charge in [-0.25, -0.2) is 8.78 Å². The Bertz CT molecular complexity index is 826. The standard InChI is InChI=1S/C22H28F2N4O.HI/c1-16-3-5-17(6-4-16)21(28-9-11-29-12-10-28)15-27-22(25-2)26-14-18-13-19(23)7-8-20(18)24;/h3-8,13,21H,9-12,14-15H2,1-2H3,(H2,25,26,27);1H. The Morgan fingerprint density at radius 2 is 1.80 bits per heavy atom. The predicted molar refractivity (Wildman–Crippen MR) is 126 cm³/mol. The van der Waals surface area contributed by atoms with E-state index >= 15 is 0 Å². The first kappa shape index (κ1) is 24.5. The third-order valence-corrected chi connectivity index (χ3v) is 5.09. The van der Waals surface area contributed by atoms with Gasteiger partial charge in [0, 0.05) is 38.8 Å². The van der Waals surface area contributed by atoms with Gasteiger partial charge in [-0.1, -0.05) is 29.8 Å². The van der Waals surface area contributed by atoms with Crippen molar-refractivity contribution in [3.63, 3.8) is 0 Å². The maximum atomic E-state index is 13.8. The molecule has 0 bridgehead atoms. The van der Waals surface area contributed by atoms with Gasteiger partial charge in [-0.05, 0) is 30.7 Å². The first-order chi connectivity index (χ1) is 14.1. The second-order valence-electron chi connectivity index (χ2n) is 7.12. The molecular weight excluding hydrogens is 501 g/mol. The van der Waals surface area contributed by atoms with E-state index < -0.39 is 11.6 Å². The lowest BCUT2D eigenvalue weighted by molar-refractivity contribution is 0.0170. The van der Waals surface area contributed by atoms with Crippen molar-refractivity contribution in [2.24, 2.45) is 4.99 Å². The van der Waals surface area contributed by atoms with Crippen LogP contribution >= 0.6 is 24.0 Å². The van der Waals surface area contributed by atoms with E-state index in [2.05, 4.69) is 51.7 Å². The predicted octanol–water partition coefficient (Wildman–Crippen LogP) is 3.63. The number of halogens is 3. The van der Waals surface area contributed by atoms with Crippen molar-refractivity contribution in [2.45, 2.75) is 19.5 Å². The van der Waals surface area contributed by atoms with Crippen LogP contribution in [-0.2, 0) is 11.3 Å². The van der Waals surface area contributed by atoms with Gasteiger partial charge >= 0.3 is 0 Å². The molecule has 1 aliphatic heterocycles. The molecule has 0 aliphatic carbocycles. The van der Waals surface area contributed by atoms with Crippen LogP contribution in [0.4, 0.5) is 8.78 Å². The fourth-order valence-electron chi connectivity index (χ4n) is 3.41. The highest BCUT2D eigenvalue weighted by Crippen LogP contribution is 2.21. The summed E-state index contributed by atoms with van der Waals surface area (Å²) in [5, 5.41) is 6.39. The number of guanidine groups is 1. The molecule has 8 heteroatoms. The number of rotatable bonds is 6. The van der Waals surface area contributed by atoms with Crippen LogP contribution in [0.25, 0.3) is 0 Å². The Morgan fingerprint density at radius 3 is 2.47 bits per heavy atom. The molecule has 1 saturated heterocycles. The molecule has 1 atom stereocenters.